The normalized spacial score (nSPS) is 17.6. The first-order valence-electron chi connectivity index (χ1n) is 4.05. The summed E-state index contributed by atoms with van der Waals surface area (Å²) in [5, 5.41) is 0. The molecule has 0 unspecified atom stereocenters. The average Bonchev–Trinajstić information content (AvgIpc) is 2.59. The number of carbonyl (C=O) groups is 2. The van der Waals surface area contributed by atoms with Crippen LogP contribution in [0, 0.1) is 0 Å². The Morgan fingerprint density at radius 2 is 2.29 bits per heavy atom. The third-order valence-corrected chi connectivity index (χ3v) is 2.37. The van der Waals surface area contributed by atoms with Crippen LogP contribution in [0.2, 0.25) is 0 Å². The minimum Gasteiger partial charge on any atom is -0.466 e. The van der Waals surface area contributed by atoms with Crippen LogP contribution in [-0.2, 0) is 19.1 Å². The van der Waals surface area contributed by atoms with Gasteiger partial charge in [-0.05, 0) is 6.26 Å². The zero-order valence-corrected chi connectivity index (χ0v) is 8.80. The number of nitrogens with zero attached hydrogens (tertiary/aromatic N) is 1. The Labute approximate surface area is 85.9 Å². The lowest BCUT2D eigenvalue weighted by Crippen LogP contribution is -2.24. The Morgan fingerprint density at radius 1 is 1.57 bits per heavy atom. The van der Waals surface area contributed by atoms with Gasteiger partial charge < -0.3 is 9.47 Å². The van der Waals surface area contributed by atoms with E-state index in [2.05, 4.69) is 9.73 Å². The van der Waals surface area contributed by atoms with Crippen molar-refractivity contribution in [3.05, 3.63) is 0 Å². The number of methoxy groups -OCH3 is 1. The predicted molar refractivity (Wildman–Crippen MR) is 52.1 cm³/mol. The second-order valence-corrected chi connectivity index (χ2v) is 3.51. The van der Waals surface area contributed by atoms with E-state index in [-0.39, 0.29) is 5.91 Å². The summed E-state index contributed by atoms with van der Waals surface area (Å²) < 4.78 is 9.72. The van der Waals surface area contributed by atoms with E-state index in [0.29, 0.717) is 18.7 Å². The van der Waals surface area contributed by atoms with Crippen molar-refractivity contribution >= 4 is 29.5 Å². The lowest BCUT2D eigenvalue weighted by Gasteiger charge is -2.13. The third kappa shape index (κ3) is 2.73. The van der Waals surface area contributed by atoms with Crippen LogP contribution in [0.15, 0.2) is 4.99 Å². The fraction of sp³-hybridized carbons (Fsp3) is 0.625. The molecule has 0 radical (unpaired) electrons. The predicted octanol–water partition coefficient (Wildman–Crippen LogP) is 0.584. The van der Waals surface area contributed by atoms with Crippen LogP contribution in [-0.4, -0.2) is 36.6 Å². The number of esters is 1. The first-order valence-corrected chi connectivity index (χ1v) is 5.34. The van der Waals surface area contributed by atoms with Crippen molar-refractivity contribution in [2.45, 2.75) is 18.3 Å². The maximum atomic E-state index is 11.1. The first kappa shape index (κ1) is 11.0. The van der Waals surface area contributed by atoms with Gasteiger partial charge in [0.1, 0.15) is 0 Å². The molecule has 0 aromatic rings. The van der Waals surface area contributed by atoms with E-state index in [1.807, 2.05) is 0 Å². The zero-order chi connectivity index (χ0) is 10.6. The Hall–Kier alpha value is -1.04. The van der Waals surface area contributed by atoms with E-state index < -0.39 is 11.4 Å². The molecule has 14 heavy (non-hydrogen) atoms. The molecule has 0 aliphatic carbocycles. The van der Waals surface area contributed by atoms with Crippen molar-refractivity contribution in [2.75, 3.05) is 13.4 Å². The molecule has 0 aromatic carbocycles. The van der Waals surface area contributed by atoms with Crippen molar-refractivity contribution in [2.24, 2.45) is 4.99 Å². The van der Waals surface area contributed by atoms with Crippen LogP contribution in [0.4, 0.5) is 0 Å². The number of hydrogen-bond donors (Lipinski definition) is 0. The van der Waals surface area contributed by atoms with Crippen LogP contribution in [0.25, 0.3) is 0 Å². The van der Waals surface area contributed by atoms with Crippen molar-refractivity contribution in [3.63, 3.8) is 0 Å². The highest BCUT2D eigenvalue weighted by atomic mass is 32.2. The Morgan fingerprint density at radius 3 is 2.71 bits per heavy atom. The average molecular weight is 217 g/mol. The highest BCUT2D eigenvalue weighted by Crippen LogP contribution is 2.15. The third-order valence-electron chi connectivity index (χ3n) is 1.65. The molecular formula is C8H11NO4S. The minimum atomic E-state index is -0.732. The molecule has 0 saturated heterocycles. The molecule has 0 aromatic heterocycles. The fourth-order valence-electron chi connectivity index (χ4n) is 0.962. The van der Waals surface area contributed by atoms with Crippen molar-refractivity contribution in [1.82, 2.24) is 0 Å². The van der Waals surface area contributed by atoms with Crippen LogP contribution in [0.1, 0.15) is 12.8 Å². The molecule has 5 nitrogen and oxygen atoms in total. The van der Waals surface area contributed by atoms with E-state index in [0.717, 1.165) is 0 Å². The van der Waals surface area contributed by atoms with E-state index >= 15 is 0 Å². The van der Waals surface area contributed by atoms with E-state index in [1.165, 1.54) is 18.9 Å². The van der Waals surface area contributed by atoms with E-state index in [1.54, 1.807) is 6.26 Å². The Kier molecular flexibility index (Phi) is 3.94. The van der Waals surface area contributed by atoms with Gasteiger partial charge >= 0.3 is 5.97 Å². The molecule has 0 saturated carbocycles. The van der Waals surface area contributed by atoms with Crippen LogP contribution in [0.3, 0.4) is 0 Å². The smallest absolute Gasteiger partial charge is 0.357 e. The van der Waals surface area contributed by atoms with Crippen molar-refractivity contribution < 1.29 is 19.1 Å². The summed E-state index contributed by atoms with van der Waals surface area (Å²) in [5.41, 5.74) is -0.732. The molecule has 6 heteroatoms. The highest BCUT2D eigenvalue weighted by molar-refractivity contribution is 7.99. The summed E-state index contributed by atoms with van der Waals surface area (Å²) in [6.45, 7) is 0. The molecule has 0 N–H and O–H groups in total. The molecule has 0 spiro atoms. The van der Waals surface area contributed by atoms with Crippen LogP contribution in [0.5, 0.6) is 0 Å². The second-order valence-electron chi connectivity index (χ2n) is 2.61. The van der Waals surface area contributed by atoms with Crippen molar-refractivity contribution in [1.29, 1.82) is 0 Å². The van der Waals surface area contributed by atoms with Gasteiger partial charge in [-0.25, -0.2) is 4.79 Å². The summed E-state index contributed by atoms with van der Waals surface area (Å²) >= 11 is 1.20. The maximum Gasteiger partial charge on any atom is 0.357 e. The Bertz CT molecular complexity index is 277. The molecule has 0 bridgehead atoms. The summed E-state index contributed by atoms with van der Waals surface area (Å²) in [6, 6.07) is 0. The quantitative estimate of drug-likeness (QED) is 0.511. The topological polar surface area (TPSA) is 65.0 Å². The first-order chi connectivity index (χ1) is 6.67. The van der Waals surface area contributed by atoms with Gasteiger partial charge in [-0.3, -0.25) is 4.79 Å². The lowest BCUT2D eigenvalue weighted by atomic mass is 10.3. The van der Waals surface area contributed by atoms with Gasteiger partial charge in [-0.2, -0.15) is 4.99 Å². The molecule has 1 aliphatic heterocycles. The highest BCUT2D eigenvalue weighted by Gasteiger charge is 2.24. The largest absolute Gasteiger partial charge is 0.466 e. The summed E-state index contributed by atoms with van der Waals surface area (Å²) in [7, 11) is 1.29. The molecule has 1 amide bonds. The number of carbonyl (C=O) groups excluding carboxylic acids is 2. The number of thioether (sulfide) groups is 1. The second kappa shape index (κ2) is 4.99. The summed E-state index contributed by atoms with van der Waals surface area (Å²) in [4.78, 5) is 25.5. The number of rotatable bonds is 3. The lowest BCUT2D eigenvalue weighted by molar-refractivity contribution is -0.145. The minimum absolute atomic E-state index is 0.204. The Balaban J connectivity index is 2.52. The molecular weight excluding hydrogens is 206 g/mol. The van der Waals surface area contributed by atoms with Gasteiger partial charge in [-0.1, -0.05) is 0 Å². The zero-order valence-electron chi connectivity index (χ0n) is 7.98. The van der Waals surface area contributed by atoms with Gasteiger partial charge in [0.2, 0.25) is 11.3 Å². The number of ether oxygens (including phenoxy) is 2. The van der Waals surface area contributed by atoms with Crippen LogP contribution >= 0.6 is 11.8 Å². The van der Waals surface area contributed by atoms with Gasteiger partial charge in [0, 0.05) is 12.8 Å². The SMILES string of the molecule is COC(=O)[C@H](OC1=NC(=O)CC1)SC. The standard InChI is InChI=1S/C8H11NO4S/c1-12-7(11)8(14-2)13-6-4-3-5(10)9-6/h8H,3-4H2,1-2H3/t8-/m1/s1. The summed E-state index contributed by atoms with van der Waals surface area (Å²) in [6.07, 6.45) is 2.55. The van der Waals surface area contributed by atoms with Crippen molar-refractivity contribution in [3.8, 4) is 0 Å². The fourth-order valence-corrected chi connectivity index (χ4v) is 1.46. The molecule has 1 rings (SSSR count). The number of aliphatic imine (C=N–C) groups is 1. The molecule has 78 valence electrons. The van der Waals surface area contributed by atoms with Gasteiger partial charge in [0.15, 0.2) is 5.90 Å². The van der Waals surface area contributed by atoms with Gasteiger partial charge in [-0.15, -0.1) is 11.8 Å². The molecule has 1 atom stereocenters. The summed E-state index contributed by atoms with van der Waals surface area (Å²) in [5.74, 6) is -0.357. The number of amides is 1. The van der Waals surface area contributed by atoms with Crippen LogP contribution < -0.4 is 0 Å². The van der Waals surface area contributed by atoms with E-state index in [9.17, 15) is 9.59 Å². The number of hydrogen-bond acceptors (Lipinski definition) is 5. The maximum absolute atomic E-state index is 11.1. The van der Waals surface area contributed by atoms with E-state index in [4.69, 9.17) is 4.74 Å². The molecule has 1 heterocycles. The molecule has 0 fully saturated rings. The molecule has 1 aliphatic rings. The van der Waals surface area contributed by atoms with Gasteiger partial charge in [0.05, 0.1) is 7.11 Å². The van der Waals surface area contributed by atoms with Gasteiger partial charge in [0.25, 0.3) is 0 Å². The monoisotopic (exact) mass is 217 g/mol.